The lowest BCUT2D eigenvalue weighted by molar-refractivity contribution is 0.0950. The van der Waals surface area contributed by atoms with Gasteiger partial charge in [-0.1, -0.05) is 18.2 Å². The van der Waals surface area contributed by atoms with Gasteiger partial charge < -0.3 is 5.32 Å². The Bertz CT molecular complexity index is 462. The van der Waals surface area contributed by atoms with Gasteiger partial charge in [-0.25, -0.2) is 0 Å². The Morgan fingerprint density at radius 3 is 2.63 bits per heavy atom. The summed E-state index contributed by atoms with van der Waals surface area (Å²) in [5.41, 5.74) is 2.11. The molecule has 3 nitrogen and oxygen atoms in total. The Morgan fingerprint density at radius 1 is 1.32 bits per heavy atom. The molecule has 0 saturated carbocycles. The van der Waals surface area contributed by atoms with E-state index in [4.69, 9.17) is 0 Å². The van der Waals surface area contributed by atoms with Crippen molar-refractivity contribution < 1.29 is 4.79 Å². The third-order valence-corrected chi connectivity index (χ3v) is 3.91. The van der Waals surface area contributed by atoms with Gasteiger partial charge in [0.05, 0.1) is 0 Å². The van der Waals surface area contributed by atoms with Crippen molar-refractivity contribution in [1.82, 2.24) is 10.2 Å². The van der Waals surface area contributed by atoms with Crippen LogP contribution in [0.25, 0.3) is 0 Å². The number of carbonyl (C=O) groups is 1. The normalized spacial score (nSPS) is 20.5. The summed E-state index contributed by atoms with van der Waals surface area (Å²) in [5, 5.41) is 2.74. The summed E-state index contributed by atoms with van der Waals surface area (Å²) in [7, 11) is 1.69. The first-order valence-corrected chi connectivity index (χ1v) is 7.03. The standard InChI is InChI=1S/C16H24N2O/c1-16(2,3)18-11-7-10-14(18)12-8-5-6-9-13(12)15(19)17-4/h5-6,8-9,14H,7,10-11H2,1-4H3,(H,17,19). The lowest BCUT2D eigenvalue weighted by atomic mass is 9.95. The fraction of sp³-hybridized carbons (Fsp3) is 0.562. The van der Waals surface area contributed by atoms with E-state index in [1.165, 1.54) is 6.42 Å². The maximum atomic E-state index is 12.0. The smallest absolute Gasteiger partial charge is 0.251 e. The van der Waals surface area contributed by atoms with Crippen molar-refractivity contribution in [3.05, 3.63) is 35.4 Å². The van der Waals surface area contributed by atoms with Crippen molar-refractivity contribution >= 4 is 5.91 Å². The van der Waals surface area contributed by atoms with E-state index in [1.807, 2.05) is 18.2 Å². The minimum Gasteiger partial charge on any atom is -0.355 e. The van der Waals surface area contributed by atoms with Crippen molar-refractivity contribution in [2.45, 2.75) is 45.2 Å². The number of amides is 1. The number of likely N-dealkylation sites (tertiary alicyclic amines) is 1. The second kappa shape index (κ2) is 5.33. The van der Waals surface area contributed by atoms with Crippen molar-refractivity contribution in [3.8, 4) is 0 Å². The zero-order valence-corrected chi connectivity index (χ0v) is 12.4. The van der Waals surface area contributed by atoms with E-state index in [2.05, 4.69) is 37.1 Å². The van der Waals surface area contributed by atoms with Gasteiger partial charge in [0, 0.05) is 24.2 Å². The molecule has 0 radical (unpaired) electrons. The number of nitrogens with one attached hydrogen (secondary N) is 1. The van der Waals surface area contributed by atoms with Crippen LogP contribution in [0.1, 0.15) is 55.6 Å². The zero-order chi connectivity index (χ0) is 14.0. The summed E-state index contributed by atoms with van der Waals surface area (Å²) in [5.74, 6) is 0.0105. The minimum atomic E-state index is 0.0105. The van der Waals surface area contributed by atoms with Crippen LogP contribution in [0.4, 0.5) is 0 Å². The van der Waals surface area contributed by atoms with Gasteiger partial charge in [-0.2, -0.15) is 0 Å². The molecule has 1 N–H and O–H groups in total. The Labute approximate surface area is 116 Å². The number of hydrogen-bond donors (Lipinski definition) is 1. The molecule has 104 valence electrons. The molecule has 1 aromatic rings. The summed E-state index contributed by atoms with van der Waals surface area (Å²) in [6.07, 6.45) is 2.33. The molecule has 1 amide bonds. The molecule has 2 rings (SSSR count). The van der Waals surface area contributed by atoms with Gasteiger partial charge in [0.25, 0.3) is 5.91 Å². The average Bonchev–Trinajstić information content (AvgIpc) is 2.87. The molecule has 0 aliphatic carbocycles. The monoisotopic (exact) mass is 260 g/mol. The molecular formula is C16H24N2O. The van der Waals surface area contributed by atoms with Crippen LogP contribution in [0.5, 0.6) is 0 Å². The first-order valence-electron chi connectivity index (χ1n) is 7.03. The Kier molecular flexibility index (Phi) is 3.95. The van der Waals surface area contributed by atoms with Gasteiger partial charge in [0.1, 0.15) is 0 Å². The molecule has 1 aliphatic heterocycles. The molecule has 3 heteroatoms. The molecule has 19 heavy (non-hydrogen) atoms. The van der Waals surface area contributed by atoms with E-state index in [1.54, 1.807) is 7.05 Å². The van der Waals surface area contributed by atoms with E-state index in [-0.39, 0.29) is 11.4 Å². The third kappa shape index (κ3) is 2.81. The molecule has 1 fully saturated rings. The second-order valence-corrected chi connectivity index (χ2v) is 6.19. The highest BCUT2D eigenvalue weighted by Crippen LogP contribution is 2.38. The van der Waals surface area contributed by atoms with E-state index in [0.717, 1.165) is 24.1 Å². The second-order valence-electron chi connectivity index (χ2n) is 6.19. The number of carbonyl (C=O) groups excluding carboxylic acids is 1. The lowest BCUT2D eigenvalue weighted by Gasteiger charge is -2.37. The third-order valence-electron chi connectivity index (χ3n) is 3.91. The molecule has 1 unspecified atom stereocenters. The van der Waals surface area contributed by atoms with Crippen LogP contribution in [0.3, 0.4) is 0 Å². The molecule has 1 saturated heterocycles. The van der Waals surface area contributed by atoms with Gasteiger partial charge in [-0.15, -0.1) is 0 Å². The van der Waals surface area contributed by atoms with E-state index < -0.39 is 0 Å². The van der Waals surface area contributed by atoms with Crippen LogP contribution in [-0.4, -0.2) is 29.9 Å². The molecular weight excluding hydrogens is 236 g/mol. The van der Waals surface area contributed by atoms with Gasteiger partial charge in [-0.05, 0) is 51.8 Å². The van der Waals surface area contributed by atoms with Gasteiger partial charge >= 0.3 is 0 Å². The van der Waals surface area contributed by atoms with Crippen LogP contribution in [0.15, 0.2) is 24.3 Å². The van der Waals surface area contributed by atoms with Crippen molar-refractivity contribution in [2.75, 3.05) is 13.6 Å². The van der Waals surface area contributed by atoms with Crippen molar-refractivity contribution in [1.29, 1.82) is 0 Å². The number of benzene rings is 1. The topological polar surface area (TPSA) is 32.3 Å². The largest absolute Gasteiger partial charge is 0.355 e. The summed E-state index contributed by atoms with van der Waals surface area (Å²) in [6.45, 7) is 7.84. The van der Waals surface area contributed by atoms with Crippen LogP contribution in [0.2, 0.25) is 0 Å². The van der Waals surface area contributed by atoms with Crippen LogP contribution in [-0.2, 0) is 0 Å². The highest BCUT2D eigenvalue weighted by Gasteiger charge is 2.35. The van der Waals surface area contributed by atoms with Crippen molar-refractivity contribution in [3.63, 3.8) is 0 Å². The average molecular weight is 260 g/mol. The molecule has 1 atom stereocenters. The SMILES string of the molecule is CNC(=O)c1ccccc1C1CCCN1C(C)(C)C. The first kappa shape index (κ1) is 14.1. The fourth-order valence-electron chi connectivity index (χ4n) is 3.02. The van der Waals surface area contributed by atoms with E-state index in [9.17, 15) is 4.79 Å². The maximum absolute atomic E-state index is 12.0. The molecule has 0 spiro atoms. The highest BCUT2D eigenvalue weighted by atomic mass is 16.1. The quantitative estimate of drug-likeness (QED) is 0.886. The first-order chi connectivity index (χ1) is 8.95. The molecule has 1 heterocycles. The summed E-state index contributed by atoms with van der Waals surface area (Å²) in [4.78, 5) is 14.5. The van der Waals surface area contributed by atoms with Gasteiger partial charge in [-0.3, -0.25) is 9.69 Å². The number of rotatable bonds is 2. The molecule has 0 bridgehead atoms. The summed E-state index contributed by atoms with van der Waals surface area (Å²) < 4.78 is 0. The summed E-state index contributed by atoms with van der Waals surface area (Å²) >= 11 is 0. The predicted octanol–water partition coefficient (Wildman–Crippen LogP) is 2.98. The number of hydrogen-bond acceptors (Lipinski definition) is 2. The van der Waals surface area contributed by atoms with Crippen molar-refractivity contribution in [2.24, 2.45) is 0 Å². The van der Waals surface area contributed by atoms with E-state index in [0.29, 0.717) is 6.04 Å². The van der Waals surface area contributed by atoms with Gasteiger partial charge in [0.2, 0.25) is 0 Å². The van der Waals surface area contributed by atoms with E-state index >= 15 is 0 Å². The Hall–Kier alpha value is -1.35. The number of nitrogens with zero attached hydrogens (tertiary/aromatic N) is 1. The highest BCUT2D eigenvalue weighted by molar-refractivity contribution is 5.95. The van der Waals surface area contributed by atoms with Crippen LogP contribution >= 0.6 is 0 Å². The fourth-order valence-corrected chi connectivity index (χ4v) is 3.02. The predicted molar refractivity (Wildman–Crippen MR) is 78.3 cm³/mol. The van der Waals surface area contributed by atoms with Crippen LogP contribution in [0, 0.1) is 0 Å². The Morgan fingerprint density at radius 2 is 2.00 bits per heavy atom. The zero-order valence-electron chi connectivity index (χ0n) is 12.4. The Balaban J connectivity index is 2.39. The maximum Gasteiger partial charge on any atom is 0.251 e. The molecule has 1 aliphatic rings. The van der Waals surface area contributed by atoms with Crippen LogP contribution < -0.4 is 5.32 Å². The minimum absolute atomic E-state index is 0.0105. The lowest BCUT2D eigenvalue weighted by Crippen LogP contribution is -2.41. The molecule has 1 aromatic carbocycles. The molecule has 0 aromatic heterocycles. The van der Waals surface area contributed by atoms with Gasteiger partial charge in [0.15, 0.2) is 0 Å². The summed E-state index contributed by atoms with van der Waals surface area (Å²) in [6, 6.07) is 8.34.